The van der Waals surface area contributed by atoms with Gasteiger partial charge in [-0.2, -0.15) is 0 Å². The number of anilines is 1. The molecule has 1 aromatic heterocycles. The number of nitro benzene ring substituents is 1. The lowest BCUT2D eigenvalue weighted by Crippen LogP contribution is -1.96. The molecule has 15 heavy (non-hydrogen) atoms. The molecule has 0 aliphatic heterocycles. The summed E-state index contributed by atoms with van der Waals surface area (Å²) in [6.45, 7) is 1.82. The maximum Gasteiger partial charge on any atom is 0.295 e. The molecule has 76 valence electrons. The SMILES string of the molecule is Cc1c(N)cnc2c([N+](=O)[O-])cccc12. The van der Waals surface area contributed by atoms with Crippen molar-refractivity contribution in [2.24, 2.45) is 0 Å². The van der Waals surface area contributed by atoms with Crippen LogP contribution in [0.1, 0.15) is 5.56 Å². The number of rotatable bonds is 1. The summed E-state index contributed by atoms with van der Waals surface area (Å²) in [5.74, 6) is 0. The Kier molecular flexibility index (Phi) is 2.00. The number of nitrogens with zero attached hydrogens (tertiary/aromatic N) is 2. The fraction of sp³-hybridized carbons (Fsp3) is 0.100. The molecule has 0 amide bonds. The van der Waals surface area contributed by atoms with Crippen LogP contribution < -0.4 is 5.73 Å². The van der Waals surface area contributed by atoms with Gasteiger partial charge in [-0.3, -0.25) is 10.1 Å². The van der Waals surface area contributed by atoms with Crippen LogP contribution in [-0.4, -0.2) is 9.91 Å². The van der Waals surface area contributed by atoms with Crippen LogP contribution in [0.25, 0.3) is 10.9 Å². The van der Waals surface area contributed by atoms with E-state index in [-0.39, 0.29) is 5.69 Å². The molecule has 2 aromatic rings. The van der Waals surface area contributed by atoms with Crippen LogP contribution in [0, 0.1) is 17.0 Å². The minimum atomic E-state index is -0.440. The highest BCUT2D eigenvalue weighted by atomic mass is 16.6. The van der Waals surface area contributed by atoms with E-state index >= 15 is 0 Å². The van der Waals surface area contributed by atoms with Crippen LogP contribution >= 0.6 is 0 Å². The Balaban J connectivity index is 2.89. The summed E-state index contributed by atoms with van der Waals surface area (Å²) in [5.41, 5.74) is 7.44. The molecule has 2 N–H and O–H groups in total. The number of nitro groups is 1. The Labute approximate surface area is 85.7 Å². The second-order valence-corrected chi connectivity index (χ2v) is 3.27. The molecular formula is C10H9N3O2. The van der Waals surface area contributed by atoms with Crippen molar-refractivity contribution in [2.45, 2.75) is 6.92 Å². The van der Waals surface area contributed by atoms with Crippen molar-refractivity contribution in [1.29, 1.82) is 0 Å². The minimum absolute atomic E-state index is 0.00981. The molecular weight excluding hydrogens is 194 g/mol. The molecule has 0 unspecified atom stereocenters. The molecule has 0 fully saturated rings. The lowest BCUT2D eigenvalue weighted by Gasteiger charge is -2.04. The van der Waals surface area contributed by atoms with Gasteiger partial charge in [-0.1, -0.05) is 12.1 Å². The van der Waals surface area contributed by atoms with Crippen molar-refractivity contribution in [1.82, 2.24) is 4.98 Å². The topological polar surface area (TPSA) is 82.0 Å². The molecule has 0 spiro atoms. The van der Waals surface area contributed by atoms with Crippen molar-refractivity contribution in [3.05, 3.63) is 40.1 Å². The van der Waals surface area contributed by atoms with E-state index in [9.17, 15) is 10.1 Å². The van der Waals surface area contributed by atoms with Gasteiger partial charge in [0.25, 0.3) is 5.69 Å². The van der Waals surface area contributed by atoms with Gasteiger partial charge in [0.2, 0.25) is 0 Å². The van der Waals surface area contributed by atoms with Gasteiger partial charge >= 0.3 is 0 Å². The summed E-state index contributed by atoms with van der Waals surface area (Å²) in [6, 6.07) is 4.85. The van der Waals surface area contributed by atoms with Crippen molar-refractivity contribution >= 4 is 22.3 Å². The lowest BCUT2D eigenvalue weighted by molar-refractivity contribution is -0.383. The standard InChI is InChI=1S/C10H9N3O2/c1-6-7-3-2-4-9(13(14)15)10(7)12-5-8(6)11/h2-5H,11H2,1H3. The fourth-order valence-electron chi connectivity index (χ4n) is 1.50. The van der Waals surface area contributed by atoms with E-state index in [1.165, 1.54) is 12.3 Å². The van der Waals surface area contributed by atoms with E-state index < -0.39 is 4.92 Å². The van der Waals surface area contributed by atoms with Crippen LogP contribution in [0.4, 0.5) is 11.4 Å². The van der Waals surface area contributed by atoms with Crippen molar-refractivity contribution in [3.63, 3.8) is 0 Å². The summed E-state index contributed by atoms with van der Waals surface area (Å²) < 4.78 is 0. The number of benzene rings is 1. The van der Waals surface area contributed by atoms with Crippen LogP contribution in [0.5, 0.6) is 0 Å². The summed E-state index contributed by atoms with van der Waals surface area (Å²) in [6.07, 6.45) is 1.45. The minimum Gasteiger partial charge on any atom is -0.397 e. The van der Waals surface area contributed by atoms with E-state index in [2.05, 4.69) is 4.98 Å². The van der Waals surface area contributed by atoms with Crippen molar-refractivity contribution in [2.75, 3.05) is 5.73 Å². The number of pyridine rings is 1. The Morgan fingerprint density at radius 1 is 1.47 bits per heavy atom. The van der Waals surface area contributed by atoms with Gasteiger partial charge in [-0.15, -0.1) is 0 Å². The zero-order valence-corrected chi connectivity index (χ0v) is 8.10. The van der Waals surface area contributed by atoms with Crippen molar-refractivity contribution < 1.29 is 4.92 Å². The van der Waals surface area contributed by atoms with E-state index in [1.807, 2.05) is 6.92 Å². The average Bonchev–Trinajstić information content (AvgIpc) is 2.23. The Hall–Kier alpha value is -2.17. The quantitative estimate of drug-likeness (QED) is 0.567. The number of hydrogen-bond donors (Lipinski definition) is 1. The number of nitrogen functional groups attached to an aromatic ring is 1. The fourth-order valence-corrected chi connectivity index (χ4v) is 1.50. The van der Waals surface area contributed by atoms with Gasteiger partial charge in [-0.05, 0) is 12.5 Å². The molecule has 1 heterocycles. The lowest BCUT2D eigenvalue weighted by atomic mass is 10.1. The van der Waals surface area contributed by atoms with Gasteiger partial charge in [0, 0.05) is 11.5 Å². The van der Waals surface area contributed by atoms with Gasteiger partial charge in [0.05, 0.1) is 16.8 Å². The zero-order valence-electron chi connectivity index (χ0n) is 8.10. The second kappa shape index (κ2) is 3.20. The van der Waals surface area contributed by atoms with E-state index in [0.29, 0.717) is 11.2 Å². The Bertz CT molecular complexity index is 552. The third kappa shape index (κ3) is 1.38. The molecule has 2 rings (SSSR count). The smallest absolute Gasteiger partial charge is 0.295 e. The first-order valence-corrected chi connectivity index (χ1v) is 4.39. The maximum atomic E-state index is 10.7. The Morgan fingerprint density at radius 3 is 2.87 bits per heavy atom. The third-order valence-corrected chi connectivity index (χ3v) is 2.38. The van der Waals surface area contributed by atoms with Gasteiger partial charge in [0.1, 0.15) is 5.52 Å². The summed E-state index contributed by atoms with van der Waals surface area (Å²) in [4.78, 5) is 14.3. The predicted octanol–water partition coefficient (Wildman–Crippen LogP) is 2.03. The first-order valence-electron chi connectivity index (χ1n) is 4.39. The van der Waals surface area contributed by atoms with Crippen molar-refractivity contribution in [3.8, 4) is 0 Å². The molecule has 0 aliphatic rings. The van der Waals surface area contributed by atoms with Crippen LogP contribution in [0.15, 0.2) is 24.4 Å². The second-order valence-electron chi connectivity index (χ2n) is 3.27. The average molecular weight is 203 g/mol. The highest BCUT2D eigenvalue weighted by molar-refractivity contribution is 5.91. The number of aromatic nitrogens is 1. The van der Waals surface area contributed by atoms with Crippen LogP contribution in [0.2, 0.25) is 0 Å². The molecule has 0 aliphatic carbocycles. The predicted molar refractivity (Wildman–Crippen MR) is 57.5 cm³/mol. The molecule has 5 nitrogen and oxygen atoms in total. The molecule has 0 saturated heterocycles. The first-order chi connectivity index (χ1) is 7.11. The molecule has 0 bridgehead atoms. The number of non-ortho nitro benzene ring substituents is 1. The normalized spacial score (nSPS) is 10.5. The Morgan fingerprint density at radius 2 is 2.20 bits per heavy atom. The van der Waals surface area contributed by atoms with E-state index in [1.54, 1.807) is 12.1 Å². The van der Waals surface area contributed by atoms with E-state index in [4.69, 9.17) is 5.73 Å². The number of para-hydroxylation sites is 1. The summed E-state index contributed by atoms with van der Waals surface area (Å²) in [5, 5.41) is 11.5. The highest BCUT2D eigenvalue weighted by Gasteiger charge is 2.14. The monoisotopic (exact) mass is 203 g/mol. The van der Waals surface area contributed by atoms with Gasteiger partial charge < -0.3 is 5.73 Å². The summed E-state index contributed by atoms with van der Waals surface area (Å²) >= 11 is 0. The van der Waals surface area contributed by atoms with Gasteiger partial charge in [-0.25, -0.2) is 4.98 Å². The molecule has 1 aromatic carbocycles. The largest absolute Gasteiger partial charge is 0.397 e. The molecule has 0 radical (unpaired) electrons. The number of hydrogen-bond acceptors (Lipinski definition) is 4. The molecule has 5 heteroatoms. The molecule has 0 saturated carbocycles. The van der Waals surface area contributed by atoms with Crippen LogP contribution in [-0.2, 0) is 0 Å². The van der Waals surface area contributed by atoms with Gasteiger partial charge in [0.15, 0.2) is 0 Å². The number of fused-ring (bicyclic) bond motifs is 1. The summed E-state index contributed by atoms with van der Waals surface area (Å²) in [7, 11) is 0. The highest BCUT2D eigenvalue weighted by Crippen LogP contribution is 2.27. The number of nitrogens with two attached hydrogens (primary N) is 1. The molecule has 0 atom stereocenters. The van der Waals surface area contributed by atoms with E-state index in [0.717, 1.165) is 10.9 Å². The van der Waals surface area contributed by atoms with Crippen LogP contribution in [0.3, 0.4) is 0 Å². The maximum absolute atomic E-state index is 10.7. The number of aryl methyl sites for hydroxylation is 1. The first kappa shape index (κ1) is 9.39. The third-order valence-electron chi connectivity index (χ3n) is 2.38. The zero-order chi connectivity index (χ0) is 11.0.